The standard InChI is InChI=1S/C59H76N4O10Si.C38H52N4O8/c1-11-12-13-19-37-26-28-38(29-27-37)47-30-39-32-63(57(67)62-55(39)72-47)50-31-48(49(71-50)34-70-74(9,10)59(6,7)8)73-56(66)52(36(4)5)60-54(65)45-25-18-24-44(45)53(64)51(35(2)3)61-58(68)69-33-46-42-22-16-14-20-40(42)41-21-15-17-23-43(41)46;1-6-7-8-10-23-13-15-24(16-14-23)28-17-25-19-42(38(47)41-36(25)49-28)31-18-29(30(20-43)48-31)50-37(46)33(22(4)5)40-35(45)27-12-9-11-26(27)34(44)32(39)21(2)3/h14-17,20-23,26-30,32,35-36,44-46,48-52H,11-13,18-19,24-25,31,33-34H2,1-10H3,(H,60,65)(H,61,68);13-17,19,21-22,26-27,29-33,43H,6-12,18,20,39H2,1-5H3,(H,40,45)/t44?,45?,48?,49-,50-,51?,52?;26?,27?,29?,30-,31-,32?,33?/m11/s1. The van der Waals surface area contributed by atoms with E-state index in [-0.39, 0.29) is 89.6 Å². The van der Waals surface area contributed by atoms with Crippen LogP contribution in [0.25, 0.3) is 56.0 Å². The normalized spacial score (nSPS) is 21.8. The lowest BCUT2D eigenvalue weighted by atomic mass is 9.84. The third-order valence-corrected chi connectivity index (χ3v) is 30.6. The number of rotatable bonds is 35. The summed E-state index contributed by atoms with van der Waals surface area (Å²) >= 11 is 0. The highest BCUT2D eigenvalue weighted by molar-refractivity contribution is 6.74. The number of amides is 3. The van der Waals surface area contributed by atoms with Gasteiger partial charge in [0.1, 0.15) is 67.1 Å². The largest absolute Gasteiger partial charge is 0.458 e. The van der Waals surface area contributed by atoms with Gasteiger partial charge in [-0.15, -0.1) is 0 Å². The number of hydrogen-bond donors (Lipinski definition) is 5. The zero-order valence-electron chi connectivity index (χ0n) is 74.7. The number of aliphatic hydroxyl groups is 1. The molecule has 27 heteroatoms. The number of benzene rings is 4. The van der Waals surface area contributed by atoms with Crippen molar-refractivity contribution in [2.24, 2.45) is 53.1 Å². The number of carbonyl (C=O) groups is 7. The van der Waals surface area contributed by atoms with Crippen LogP contribution in [0, 0.1) is 47.3 Å². The first-order chi connectivity index (χ1) is 59.1. The number of nitrogens with zero attached hydrogens (tertiary/aromatic N) is 4. The Morgan fingerprint density at radius 2 is 0.976 bits per heavy atom. The molecule has 6 N–H and O–H groups in total. The van der Waals surface area contributed by atoms with Gasteiger partial charge in [0.25, 0.3) is 0 Å². The third-order valence-electron chi connectivity index (χ3n) is 26.1. The van der Waals surface area contributed by atoms with E-state index in [2.05, 4.69) is 110 Å². The minimum atomic E-state index is -2.31. The maximum atomic E-state index is 14.4. The molecule has 8 aromatic rings. The first-order valence-corrected chi connectivity index (χ1v) is 47.8. The molecule has 0 bridgehead atoms. The summed E-state index contributed by atoms with van der Waals surface area (Å²) in [6.45, 7) is 29.5. The molecule has 4 aromatic heterocycles. The van der Waals surface area contributed by atoms with Gasteiger partial charge in [-0.05, 0) is 139 Å². The van der Waals surface area contributed by atoms with E-state index < -0.39 is 135 Å². The fraction of sp³-hybridized carbons (Fsp3) is 0.557. The van der Waals surface area contributed by atoms with Crippen LogP contribution < -0.4 is 33.1 Å². The van der Waals surface area contributed by atoms with Crippen molar-refractivity contribution >= 4 is 71.9 Å². The van der Waals surface area contributed by atoms with E-state index in [1.165, 1.54) is 39.5 Å². The predicted molar refractivity (Wildman–Crippen MR) is 476 cm³/mol. The lowest BCUT2D eigenvalue weighted by Gasteiger charge is -2.37. The summed E-state index contributed by atoms with van der Waals surface area (Å²) in [6, 6.07) is 32.7. The zero-order chi connectivity index (χ0) is 89.2. The van der Waals surface area contributed by atoms with Crippen LogP contribution in [0.5, 0.6) is 0 Å². The second-order valence-electron chi connectivity index (χ2n) is 37.4. The molecule has 13 rings (SSSR count). The van der Waals surface area contributed by atoms with Crippen LogP contribution in [0.1, 0.15) is 221 Å². The number of fused-ring (bicyclic) bond motifs is 5. The Kier molecular flexibility index (Phi) is 31.0. The number of nitrogens with one attached hydrogen (secondary N) is 3. The summed E-state index contributed by atoms with van der Waals surface area (Å²) in [5.74, 6) is -4.99. The number of aryl methyl sites for hydroxylation is 2. The van der Waals surface area contributed by atoms with Crippen LogP contribution >= 0.6 is 0 Å². The van der Waals surface area contributed by atoms with Crippen LogP contribution in [0.4, 0.5) is 4.79 Å². The summed E-state index contributed by atoms with van der Waals surface area (Å²) in [5.41, 5.74) is 14.0. The Morgan fingerprint density at radius 1 is 0.548 bits per heavy atom. The van der Waals surface area contributed by atoms with Crippen molar-refractivity contribution in [2.75, 3.05) is 19.8 Å². The smallest absolute Gasteiger partial charge is 0.407 e. The molecule has 6 heterocycles. The molecule has 124 heavy (non-hydrogen) atoms. The van der Waals surface area contributed by atoms with E-state index in [1.54, 1.807) is 26.2 Å². The Hall–Kier alpha value is -9.77. The highest BCUT2D eigenvalue weighted by atomic mass is 28.4. The fourth-order valence-electron chi connectivity index (χ4n) is 17.5. The quantitative estimate of drug-likeness (QED) is 0.0107. The van der Waals surface area contributed by atoms with Gasteiger partial charge in [-0.25, -0.2) is 24.0 Å². The molecule has 2 saturated carbocycles. The molecule has 5 aliphatic rings. The lowest BCUT2D eigenvalue weighted by molar-refractivity contribution is -0.159. The summed E-state index contributed by atoms with van der Waals surface area (Å²) in [7, 11) is -2.31. The third kappa shape index (κ3) is 21.8. The molecule has 4 fully saturated rings. The maximum absolute atomic E-state index is 14.4. The minimum absolute atomic E-state index is 0.0457. The van der Waals surface area contributed by atoms with E-state index in [0.717, 1.165) is 71.9 Å². The summed E-state index contributed by atoms with van der Waals surface area (Å²) < 4.78 is 51.9. The van der Waals surface area contributed by atoms with Gasteiger partial charge in [0, 0.05) is 66.0 Å². The molecule has 3 amide bonds. The highest BCUT2D eigenvalue weighted by Crippen LogP contribution is 2.46. The molecular formula is C97H128N8O18Si. The molecule has 0 radical (unpaired) electrons. The van der Waals surface area contributed by atoms with Gasteiger partial charge in [-0.3, -0.25) is 28.3 Å². The summed E-state index contributed by atoms with van der Waals surface area (Å²) in [6.07, 6.45) is 10.1. The number of alkyl carbamates (subject to hydrolysis) is 1. The van der Waals surface area contributed by atoms with Crippen LogP contribution in [0.2, 0.25) is 18.1 Å². The average Bonchev–Trinajstić information content (AvgIpc) is 1.63. The predicted octanol–water partition coefficient (Wildman–Crippen LogP) is 16.0. The van der Waals surface area contributed by atoms with Gasteiger partial charge in [0.15, 0.2) is 19.9 Å². The van der Waals surface area contributed by atoms with E-state index in [4.69, 9.17) is 42.7 Å². The molecular weight excluding hydrogens is 1590 g/mol. The monoisotopic (exact) mass is 1720 g/mol. The van der Waals surface area contributed by atoms with Gasteiger partial charge in [-0.2, -0.15) is 9.97 Å². The van der Waals surface area contributed by atoms with E-state index in [1.807, 2.05) is 114 Å². The van der Waals surface area contributed by atoms with Crippen LogP contribution in [-0.4, -0.2) is 142 Å². The average molecular weight is 1720 g/mol. The molecule has 26 nitrogen and oxygen atoms in total. The van der Waals surface area contributed by atoms with Gasteiger partial charge in [0.05, 0.1) is 36.1 Å². The molecule has 3 aliphatic carbocycles. The number of ether oxygens (including phenoxy) is 5. The molecule has 668 valence electrons. The second kappa shape index (κ2) is 41.1. The van der Waals surface area contributed by atoms with Crippen molar-refractivity contribution in [3.8, 4) is 33.8 Å². The van der Waals surface area contributed by atoms with Crippen molar-refractivity contribution in [3.63, 3.8) is 0 Å². The molecule has 0 spiro atoms. The van der Waals surface area contributed by atoms with Crippen molar-refractivity contribution < 1.29 is 75.6 Å². The number of furan rings is 2. The second-order valence-corrected chi connectivity index (χ2v) is 42.2. The van der Waals surface area contributed by atoms with Crippen LogP contribution in [-0.2, 0) is 69.7 Å². The van der Waals surface area contributed by atoms with Crippen molar-refractivity contribution in [1.29, 1.82) is 0 Å². The van der Waals surface area contributed by atoms with E-state index in [9.17, 15) is 48.3 Å². The Morgan fingerprint density at radius 3 is 1.40 bits per heavy atom. The highest BCUT2D eigenvalue weighted by Gasteiger charge is 2.49. The van der Waals surface area contributed by atoms with E-state index >= 15 is 0 Å². The SMILES string of the molecule is CCCCCc1ccc(-c2cc3cn([C@H]4CC(OC(=O)C(NC(=O)C5CCCC5C(=O)C(N)C(C)C)C(C)C)[C@@H](CO)O4)c(=O)nc3o2)cc1.CCCCCc1ccc(-c2cc3cn([C@H]4CC(OC(=O)C(NC(=O)C5CCCC5C(=O)C(NC(=O)OCC5c6ccccc6-c6ccccc65)C(C)C)C(C)C)[C@@H](CO[Si](C)(C)C(C)(C)C)O4)c(=O)nc3o2)cc1. The summed E-state index contributed by atoms with van der Waals surface area (Å²) in [4.78, 5) is 132. The first-order valence-electron chi connectivity index (χ1n) is 44.9. The molecule has 2 saturated heterocycles. The molecule has 2 aliphatic heterocycles. The topological polar surface area (TPSA) is 353 Å². The Bertz CT molecular complexity index is 5130. The lowest BCUT2D eigenvalue weighted by Crippen LogP contribution is -2.52. The van der Waals surface area contributed by atoms with Crippen LogP contribution in [0.15, 0.2) is 140 Å². The van der Waals surface area contributed by atoms with Crippen molar-refractivity contribution in [1.82, 2.24) is 35.1 Å². The fourth-order valence-corrected chi connectivity index (χ4v) is 18.5. The van der Waals surface area contributed by atoms with Crippen molar-refractivity contribution in [3.05, 3.63) is 165 Å². The van der Waals surface area contributed by atoms with Gasteiger partial charge in [-0.1, -0.05) is 226 Å². The Labute approximate surface area is 728 Å². The Balaban J connectivity index is 0.000000244. The maximum Gasteiger partial charge on any atom is 0.407 e. The zero-order valence-corrected chi connectivity index (χ0v) is 75.7. The van der Waals surface area contributed by atoms with Crippen molar-refractivity contribution in [2.45, 2.75) is 278 Å². The summed E-state index contributed by atoms with van der Waals surface area (Å²) in [5, 5.41) is 19.9. The number of ketones is 2. The molecule has 10 unspecified atom stereocenters. The number of Topliss-reactive ketones (excluding diaryl/α,β-unsaturated/α-hetero) is 2. The molecule has 14 atom stereocenters. The van der Waals surface area contributed by atoms with Gasteiger partial charge in [0.2, 0.25) is 23.2 Å². The first kappa shape index (κ1) is 93.4. The minimum Gasteiger partial charge on any atom is -0.458 e. The number of aliphatic hydroxyl groups excluding tert-OH is 1. The number of carbonyl (C=O) groups excluding carboxylic acids is 7. The number of nitrogens with two attached hydrogens (primary N) is 1. The number of esters is 2. The molecule has 4 aromatic carbocycles. The number of hydrogen-bond acceptors (Lipinski definition) is 21. The van der Waals surface area contributed by atoms with Gasteiger partial charge >= 0.3 is 29.4 Å². The number of aromatic nitrogens is 4. The number of unbranched alkanes of at least 4 members (excludes halogenated alkanes) is 4. The van der Waals surface area contributed by atoms with Gasteiger partial charge < -0.3 is 63.7 Å². The van der Waals surface area contributed by atoms with Crippen LogP contribution in [0.3, 0.4) is 0 Å². The van der Waals surface area contributed by atoms with E-state index in [0.29, 0.717) is 54.4 Å².